The Morgan fingerprint density at radius 3 is 2.39 bits per heavy atom. The normalized spacial score (nSPS) is 17.4. The molecule has 1 amide bonds. The second-order valence-corrected chi connectivity index (χ2v) is 9.01. The van der Waals surface area contributed by atoms with Gasteiger partial charge in [0.05, 0.1) is 18.7 Å². The molecule has 1 aliphatic rings. The van der Waals surface area contributed by atoms with Crippen molar-refractivity contribution in [2.75, 3.05) is 4.90 Å². The van der Waals surface area contributed by atoms with Crippen molar-refractivity contribution in [1.82, 2.24) is 0 Å². The van der Waals surface area contributed by atoms with Gasteiger partial charge in [0, 0.05) is 21.2 Å². The molecule has 0 spiro atoms. The lowest BCUT2D eigenvalue weighted by Gasteiger charge is -2.23. The van der Waals surface area contributed by atoms with E-state index in [9.17, 15) is 14.7 Å². The van der Waals surface area contributed by atoms with Crippen LogP contribution >= 0.6 is 23.2 Å². The number of nitrogens with zero attached hydrogens (tertiary/aromatic N) is 1. The molecule has 1 heterocycles. The maximum absolute atomic E-state index is 13.5. The van der Waals surface area contributed by atoms with Crippen molar-refractivity contribution in [3.05, 3.63) is 112 Å². The number of rotatable bonds is 5. The Morgan fingerprint density at radius 2 is 1.61 bits per heavy atom. The van der Waals surface area contributed by atoms with Crippen molar-refractivity contribution in [3.8, 4) is 0 Å². The maximum Gasteiger partial charge on any atom is 0.264 e. The summed E-state index contributed by atoms with van der Waals surface area (Å²) in [6.45, 7) is 0.166. The van der Waals surface area contributed by atoms with Crippen molar-refractivity contribution >= 4 is 51.4 Å². The van der Waals surface area contributed by atoms with E-state index in [1.807, 2.05) is 48.5 Å². The predicted molar refractivity (Wildman–Crippen MR) is 131 cm³/mol. The summed E-state index contributed by atoms with van der Waals surface area (Å²) >= 11 is 12.5. The minimum absolute atomic E-state index is 0.166. The smallest absolute Gasteiger partial charge is 0.264 e. The summed E-state index contributed by atoms with van der Waals surface area (Å²) in [6.07, 6.45) is -0.392. The molecular formula is C27H19Cl2NO3. The van der Waals surface area contributed by atoms with E-state index >= 15 is 0 Å². The lowest BCUT2D eigenvalue weighted by molar-refractivity contribution is -0.136. The molecule has 1 aliphatic heterocycles. The number of anilines is 1. The fraction of sp³-hybridized carbons (Fsp3) is 0.111. The fourth-order valence-electron chi connectivity index (χ4n) is 4.34. The molecule has 1 unspecified atom stereocenters. The maximum atomic E-state index is 13.5. The number of hydrogen-bond acceptors (Lipinski definition) is 3. The zero-order valence-corrected chi connectivity index (χ0v) is 19.0. The number of aliphatic hydroxyl groups is 1. The van der Waals surface area contributed by atoms with E-state index in [0.29, 0.717) is 26.9 Å². The minimum Gasteiger partial charge on any atom is -0.375 e. The molecule has 6 heteroatoms. The van der Waals surface area contributed by atoms with E-state index in [-0.39, 0.29) is 12.3 Å². The second-order valence-electron chi connectivity index (χ2n) is 8.17. The molecule has 0 bridgehead atoms. The van der Waals surface area contributed by atoms with Gasteiger partial charge in [-0.1, -0.05) is 77.8 Å². The van der Waals surface area contributed by atoms with Gasteiger partial charge in [0.25, 0.3) is 5.91 Å². The summed E-state index contributed by atoms with van der Waals surface area (Å²) in [6, 6.07) is 25.2. The Hall–Kier alpha value is -3.18. The highest BCUT2D eigenvalue weighted by molar-refractivity contribution is 6.31. The number of ketones is 1. The van der Waals surface area contributed by atoms with E-state index in [1.165, 1.54) is 4.90 Å². The van der Waals surface area contributed by atoms with Gasteiger partial charge in [-0.3, -0.25) is 9.59 Å². The number of hydrogen-bond donors (Lipinski definition) is 1. The van der Waals surface area contributed by atoms with Gasteiger partial charge < -0.3 is 10.0 Å². The monoisotopic (exact) mass is 475 g/mol. The molecule has 1 atom stereocenters. The van der Waals surface area contributed by atoms with Crippen LogP contribution in [0, 0.1) is 0 Å². The Kier molecular flexibility index (Phi) is 5.45. The lowest BCUT2D eigenvalue weighted by Crippen LogP contribution is -2.41. The van der Waals surface area contributed by atoms with Gasteiger partial charge >= 0.3 is 0 Å². The van der Waals surface area contributed by atoms with Crippen molar-refractivity contribution in [1.29, 1.82) is 0 Å². The number of carbonyl (C=O) groups excluding carboxylic acids is 2. The minimum atomic E-state index is -2.02. The van der Waals surface area contributed by atoms with E-state index < -0.39 is 17.9 Å². The first-order valence-electron chi connectivity index (χ1n) is 10.5. The van der Waals surface area contributed by atoms with E-state index in [2.05, 4.69) is 0 Å². The Balaban J connectivity index is 1.52. The van der Waals surface area contributed by atoms with Crippen LogP contribution in [0.1, 0.15) is 27.9 Å². The van der Waals surface area contributed by atoms with Gasteiger partial charge in [-0.15, -0.1) is 0 Å². The highest BCUT2D eigenvalue weighted by Gasteiger charge is 2.51. The first kappa shape index (κ1) is 21.7. The first-order valence-corrected chi connectivity index (χ1v) is 11.2. The topological polar surface area (TPSA) is 57.6 Å². The lowest BCUT2D eigenvalue weighted by atomic mass is 9.87. The Labute approximate surface area is 201 Å². The van der Waals surface area contributed by atoms with Crippen LogP contribution in [0.25, 0.3) is 10.8 Å². The van der Waals surface area contributed by atoms with Gasteiger partial charge in [-0.05, 0) is 46.7 Å². The number of benzene rings is 4. The van der Waals surface area contributed by atoms with Crippen LogP contribution in [-0.4, -0.2) is 16.8 Å². The van der Waals surface area contributed by atoms with Crippen LogP contribution in [0.15, 0.2) is 84.9 Å². The molecule has 0 saturated heterocycles. The number of halogens is 2. The predicted octanol–water partition coefficient (Wildman–Crippen LogP) is 6.15. The van der Waals surface area contributed by atoms with Crippen LogP contribution in [0.3, 0.4) is 0 Å². The molecule has 0 saturated carbocycles. The molecule has 164 valence electrons. The van der Waals surface area contributed by atoms with Crippen LogP contribution in [0.2, 0.25) is 10.0 Å². The summed E-state index contributed by atoms with van der Waals surface area (Å²) in [4.78, 5) is 28.2. The standard InChI is InChI=1S/C27H19Cl2NO3/c28-21-11-12-24-22(14-21)27(33,26(32)30(24)16-20-7-3-4-8-23(20)29)15-25(31)19-10-9-17-5-1-2-6-18(17)13-19/h1-14,33H,15-16H2. The molecule has 1 N–H and O–H groups in total. The van der Waals surface area contributed by atoms with Gasteiger partial charge in [0.15, 0.2) is 11.4 Å². The SMILES string of the molecule is O=C(CC1(O)C(=O)N(Cc2ccccc2Cl)c2ccc(Cl)cc21)c1ccc2ccccc2c1. The van der Waals surface area contributed by atoms with Gasteiger partial charge in [-0.2, -0.15) is 0 Å². The molecule has 5 rings (SSSR count). The zero-order chi connectivity index (χ0) is 23.2. The summed E-state index contributed by atoms with van der Waals surface area (Å²) in [7, 11) is 0. The molecule has 0 fully saturated rings. The van der Waals surface area contributed by atoms with Crippen LogP contribution in [0.5, 0.6) is 0 Å². The van der Waals surface area contributed by atoms with E-state index in [1.54, 1.807) is 36.4 Å². The molecular weight excluding hydrogens is 457 g/mol. The summed E-state index contributed by atoms with van der Waals surface area (Å²) in [5, 5.41) is 14.4. The van der Waals surface area contributed by atoms with Crippen LogP contribution in [-0.2, 0) is 16.9 Å². The van der Waals surface area contributed by atoms with Gasteiger partial charge in [-0.25, -0.2) is 0 Å². The molecule has 4 aromatic carbocycles. The van der Waals surface area contributed by atoms with Gasteiger partial charge in [0.1, 0.15) is 0 Å². The van der Waals surface area contributed by atoms with Crippen molar-refractivity contribution in [3.63, 3.8) is 0 Å². The van der Waals surface area contributed by atoms with Crippen molar-refractivity contribution < 1.29 is 14.7 Å². The van der Waals surface area contributed by atoms with Crippen molar-refractivity contribution in [2.45, 2.75) is 18.6 Å². The third-order valence-corrected chi connectivity index (χ3v) is 6.67. The fourth-order valence-corrected chi connectivity index (χ4v) is 4.71. The summed E-state index contributed by atoms with van der Waals surface area (Å²) in [5.41, 5.74) is -0.0228. The first-order chi connectivity index (χ1) is 15.9. The zero-order valence-electron chi connectivity index (χ0n) is 17.5. The molecule has 0 aliphatic carbocycles. The molecule has 0 radical (unpaired) electrons. The number of Topliss-reactive ketones (excluding diaryl/α,β-unsaturated/α-hetero) is 1. The van der Waals surface area contributed by atoms with Crippen LogP contribution in [0.4, 0.5) is 5.69 Å². The third-order valence-electron chi connectivity index (χ3n) is 6.07. The average Bonchev–Trinajstić information content (AvgIpc) is 3.01. The van der Waals surface area contributed by atoms with Crippen molar-refractivity contribution in [2.24, 2.45) is 0 Å². The Bertz CT molecular complexity index is 1420. The largest absolute Gasteiger partial charge is 0.375 e. The average molecular weight is 476 g/mol. The number of amides is 1. The van der Waals surface area contributed by atoms with E-state index in [4.69, 9.17) is 23.2 Å². The van der Waals surface area contributed by atoms with Gasteiger partial charge in [0.2, 0.25) is 0 Å². The summed E-state index contributed by atoms with van der Waals surface area (Å²) < 4.78 is 0. The van der Waals surface area contributed by atoms with E-state index in [0.717, 1.165) is 16.3 Å². The molecule has 33 heavy (non-hydrogen) atoms. The summed E-state index contributed by atoms with van der Waals surface area (Å²) in [5.74, 6) is -0.907. The van der Waals surface area contributed by atoms with Crippen LogP contribution < -0.4 is 4.90 Å². The third kappa shape index (κ3) is 3.80. The Morgan fingerprint density at radius 1 is 0.879 bits per heavy atom. The highest BCUT2D eigenvalue weighted by Crippen LogP contribution is 2.45. The molecule has 4 aromatic rings. The number of carbonyl (C=O) groups is 2. The number of fused-ring (bicyclic) bond motifs is 2. The quantitative estimate of drug-likeness (QED) is 0.352. The molecule has 4 nitrogen and oxygen atoms in total. The molecule has 0 aromatic heterocycles. The highest BCUT2D eigenvalue weighted by atomic mass is 35.5. The second kappa shape index (κ2) is 8.31.